The monoisotopic (exact) mass is 186 g/mol. The van der Waals surface area contributed by atoms with Crippen LogP contribution in [0.5, 0.6) is 0 Å². The highest BCUT2D eigenvalue weighted by atomic mass is 19.4. The van der Waals surface area contributed by atoms with Gasteiger partial charge < -0.3 is 10.1 Å². The Balaban J connectivity index is 3.83. The third kappa shape index (κ3) is 5.33. The van der Waals surface area contributed by atoms with Crippen molar-refractivity contribution in [2.45, 2.75) is 6.30 Å². The smallest absolute Gasteiger partial charge is 0.359 e. The summed E-state index contributed by atoms with van der Waals surface area (Å²) < 4.78 is 37.5. The van der Waals surface area contributed by atoms with Gasteiger partial charge in [0, 0.05) is 7.05 Å². The molecule has 0 fully saturated rings. The number of rotatable bonds is 0. The van der Waals surface area contributed by atoms with Gasteiger partial charge in [0.05, 0.1) is 0 Å². The molecule has 0 saturated heterocycles. The van der Waals surface area contributed by atoms with Crippen LogP contribution in [0.2, 0.25) is 0 Å². The second-order valence-corrected chi connectivity index (χ2v) is 1.55. The number of carbonyl (C=O) groups is 2. The fourth-order valence-corrected chi connectivity index (χ4v) is 0.276. The molecule has 0 spiro atoms. The molecular formula is C4H5F3N2O3. The van der Waals surface area contributed by atoms with Crippen LogP contribution in [0.15, 0.2) is 0 Å². The van der Waals surface area contributed by atoms with Gasteiger partial charge in [-0.05, 0) is 0 Å². The number of hydrogen-bond donors (Lipinski definition) is 2. The number of ether oxygens (including phenoxy) is 1. The maximum Gasteiger partial charge on any atom is 0.487 e. The topological polar surface area (TPSA) is 67.4 Å². The first kappa shape index (κ1) is 10.5. The van der Waals surface area contributed by atoms with E-state index in [1.807, 2.05) is 0 Å². The fourth-order valence-electron chi connectivity index (χ4n) is 0.276. The average molecular weight is 186 g/mol. The van der Waals surface area contributed by atoms with Crippen LogP contribution in [0.1, 0.15) is 0 Å². The highest BCUT2D eigenvalue weighted by Gasteiger charge is 2.31. The van der Waals surface area contributed by atoms with Crippen LogP contribution < -0.4 is 10.6 Å². The molecule has 0 aliphatic carbocycles. The van der Waals surface area contributed by atoms with E-state index in [-0.39, 0.29) is 0 Å². The largest absolute Gasteiger partial charge is 0.487 e. The van der Waals surface area contributed by atoms with Crippen LogP contribution in [0.25, 0.3) is 0 Å². The molecule has 0 saturated carbocycles. The Morgan fingerprint density at radius 3 is 2.08 bits per heavy atom. The Labute approximate surface area is 64.9 Å². The number of carbonyl (C=O) groups excluding carboxylic acids is 2. The molecule has 0 radical (unpaired) electrons. The third-order valence-corrected chi connectivity index (χ3v) is 0.633. The number of nitrogens with one attached hydrogen (secondary N) is 2. The van der Waals surface area contributed by atoms with Crippen LogP contribution in [-0.2, 0) is 4.74 Å². The van der Waals surface area contributed by atoms with Crippen LogP contribution in [-0.4, -0.2) is 25.5 Å². The summed E-state index contributed by atoms with van der Waals surface area (Å²) in [7, 11) is 1.10. The van der Waals surface area contributed by atoms with E-state index in [9.17, 15) is 22.8 Å². The van der Waals surface area contributed by atoms with Gasteiger partial charge in [-0.15, -0.1) is 0 Å². The summed E-state index contributed by atoms with van der Waals surface area (Å²) in [6.45, 7) is 0. The highest BCUT2D eigenvalue weighted by molar-refractivity contribution is 5.83. The van der Waals surface area contributed by atoms with E-state index >= 15 is 0 Å². The van der Waals surface area contributed by atoms with Gasteiger partial charge in [-0.1, -0.05) is 0 Å². The lowest BCUT2D eigenvalue weighted by Crippen LogP contribution is -2.39. The molecule has 0 aromatic heterocycles. The molecule has 5 nitrogen and oxygen atoms in total. The molecule has 0 aliphatic heterocycles. The predicted octanol–water partition coefficient (Wildman–Crippen LogP) is 0.572. The van der Waals surface area contributed by atoms with E-state index in [0.29, 0.717) is 5.32 Å². The average Bonchev–Trinajstić information content (AvgIpc) is 1.82. The summed E-state index contributed by atoms with van der Waals surface area (Å²) in [4.78, 5) is 20.3. The van der Waals surface area contributed by atoms with Gasteiger partial charge in [0.2, 0.25) is 0 Å². The van der Waals surface area contributed by atoms with Gasteiger partial charge in [0.15, 0.2) is 0 Å². The molecule has 0 rings (SSSR count). The molecule has 2 N–H and O–H groups in total. The van der Waals surface area contributed by atoms with Crippen molar-refractivity contribution in [2.24, 2.45) is 0 Å². The second kappa shape index (κ2) is 3.79. The number of halogens is 3. The molecule has 0 aliphatic rings. The van der Waals surface area contributed by atoms with Crippen molar-refractivity contribution in [1.82, 2.24) is 10.6 Å². The molecule has 0 bridgehead atoms. The molecule has 12 heavy (non-hydrogen) atoms. The standard InChI is InChI=1S/C4H5F3N2O3/c1-8-2(10)12-3(11)9-4(5,6)7/h1H3,(H,8,10)(H,9,11). The lowest BCUT2D eigenvalue weighted by atomic mass is 11.0. The first-order chi connectivity index (χ1) is 5.35. The summed E-state index contributed by atoms with van der Waals surface area (Å²) in [6, 6.07) is 0. The summed E-state index contributed by atoms with van der Waals surface area (Å²) in [6.07, 6.45) is -8.04. The lowest BCUT2D eigenvalue weighted by Gasteiger charge is -2.06. The third-order valence-electron chi connectivity index (χ3n) is 0.633. The van der Waals surface area contributed by atoms with Gasteiger partial charge in [0.25, 0.3) is 0 Å². The lowest BCUT2D eigenvalue weighted by molar-refractivity contribution is -0.148. The van der Waals surface area contributed by atoms with E-state index in [4.69, 9.17) is 0 Å². The van der Waals surface area contributed by atoms with Crippen molar-refractivity contribution < 1.29 is 27.5 Å². The zero-order chi connectivity index (χ0) is 9.78. The molecule has 0 heterocycles. The van der Waals surface area contributed by atoms with Gasteiger partial charge in [-0.2, -0.15) is 13.2 Å². The van der Waals surface area contributed by atoms with Crippen LogP contribution in [0.3, 0.4) is 0 Å². The fraction of sp³-hybridized carbons (Fsp3) is 0.500. The second-order valence-electron chi connectivity index (χ2n) is 1.55. The van der Waals surface area contributed by atoms with Crippen LogP contribution >= 0.6 is 0 Å². The maximum absolute atomic E-state index is 11.3. The predicted molar refractivity (Wildman–Crippen MR) is 30.1 cm³/mol. The van der Waals surface area contributed by atoms with Gasteiger partial charge in [0.1, 0.15) is 0 Å². The SMILES string of the molecule is CNC(=O)OC(=O)NC(F)(F)F. The summed E-state index contributed by atoms with van der Waals surface area (Å²) >= 11 is 0. The van der Waals surface area contributed by atoms with Gasteiger partial charge in [-0.3, -0.25) is 0 Å². The summed E-state index contributed by atoms with van der Waals surface area (Å²) in [5.74, 6) is 0. The Morgan fingerprint density at radius 2 is 1.75 bits per heavy atom. The van der Waals surface area contributed by atoms with Crippen LogP contribution in [0.4, 0.5) is 22.8 Å². The Hall–Kier alpha value is -1.47. The summed E-state index contributed by atoms with van der Waals surface area (Å²) in [5, 5.41) is 2.25. The molecule has 0 unspecified atom stereocenters. The number of hydrogen-bond acceptors (Lipinski definition) is 3. The molecule has 70 valence electrons. The number of amides is 2. The highest BCUT2D eigenvalue weighted by Crippen LogP contribution is 2.09. The molecule has 0 aromatic rings. The van der Waals surface area contributed by atoms with E-state index in [0.717, 1.165) is 7.05 Å². The zero-order valence-electron chi connectivity index (χ0n) is 5.86. The first-order valence-corrected chi connectivity index (χ1v) is 2.63. The van der Waals surface area contributed by atoms with E-state index in [1.54, 1.807) is 5.32 Å². The van der Waals surface area contributed by atoms with Gasteiger partial charge in [-0.25, -0.2) is 14.9 Å². The van der Waals surface area contributed by atoms with E-state index < -0.39 is 18.5 Å². The van der Waals surface area contributed by atoms with Crippen molar-refractivity contribution in [2.75, 3.05) is 7.05 Å². The number of alkyl carbamates (subject to hydrolysis) is 2. The minimum Gasteiger partial charge on any atom is -0.359 e. The normalized spacial score (nSPS) is 10.3. The first-order valence-electron chi connectivity index (χ1n) is 2.63. The van der Waals surface area contributed by atoms with Gasteiger partial charge >= 0.3 is 18.5 Å². The maximum atomic E-state index is 11.3. The van der Waals surface area contributed by atoms with E-state index in [2.05, 4.69) is 4.74 Å². The molecular weight excluding hydrogens is 181 g/mol. The van der Waals surface area contributed by atoms with Crippen molar-refractivity contribution in [1.29, 1.82) is 0 Å². The van der Waals surface area contributed by atoms with Crippen molar-refractivity contribution in [3.63, 3.8) is 0 Å². The quantitative estimate of drug-likeness (QED) is 0.429. The Kier molecular flexibility index (Phi) is 3.32. The van der Waals surface area contributed by atoms with E-state index in [1.165, 1.54) is 0 Å². The Bertz CT molecular complexity index is 190. The minimum atomic E-state index is -4.90. The number of alkyl halides is 3. The van der Waals surface area contributed by atoms with Crippen molar-refractivity contribution in [3.05, 3.63) is 0 Å². The molecule has 8 heteroatoms. The molecule has 2 amide bonds. The molecule has 0 aromatic carbocycles. The van der Waals surface area contributed by atoms with Crippen LogP contribution in [0, 0.1) is 0 Å². The minimum absolute atomic E-state index is 0.462. The van der Waals surface area contributed by atoms with Crippen molar-refractivity contribution >= 4 is 12.2 Å². The zero-order valence-corrected chi connectivity index (χ0v) is 5.86. The Morgan fingerprint density at radius 1 is 1.25 bits per heavy atom. The summed E-state index contributed by atoms with van der Waals surface area (Å²) in [5.41, 5.74) is 0. The molecule has 0 atom stereocenters. The van der Waals surface area contributed by atoms with Crippen molar-refractivity contribution in [3.8, 4) is 0 Å².